The van der Waals surface area contributed by atoms with Crippen LogP contribution >= 0.6 is 23.2 Å². The molecule has 0 aliphatic carbocycles. The Morgan fingerprint density at radius 3 is 2.59 bits per heavy atom. The molecule has 0 aliphatic rings. The highest BCUT2D eigenvalue weighted by molar-refractivity contribution is 6.45. The summed E-state index contributed by atoms with van der Waals surface area (Å²) in [6.45, 7) is 4.98. The van der Waals surface area contributed by atoms with Crippen LogP contribution in [0.5, 0.6) is 5.75 Å². The molecular formula is C12H12Cl2O3. The molecule has 0 heterocycles. The molecule has 1 rings (SSSR count). The first-order valence-corrected chi connectivity index (χ1v) is 5.72. The molecule has 0 saturated carbocycles. The number of carbonyl (C=O) groups is 1. The minimum atomic E-state index is -0.509. The topological polar surface area (TPSA) is 46.5 Å². The molecular weight excluding hydrogens is 263 g/mol. The summed E-state index contributed by atoms with van der Waals surface area (Å²) in [5, 5.41) is 8.85. The number of rotatable bonds is 5. The maximum atomic E-state index is 11.9. The molecule has 0 amide bonds. The van der Waals surface area contributed by atoms with E-state index in [2.05, 4.69) is 6.58 Å². The van der Waals surface area contributed by atoms with Gasteiger partial charge in [0.2, 0.25) is 0 Å². The zero-order chi connectivity index (χ0) is 13.0. The van der Waals surface area contributed by atoms with Crippen LogP contribution in [0.3, 0.4) is 0 Å². The van der Waals surface area contributed by atoms with E-state index in [1.807, 2.05) is 6.92 Å². The minimum absolute atomic E-state index is 0.107. The molecule has 0 aromatic heterocycles. The van der Waals surface area contributed by atoms with Gasteiger partial charge in [0.25, 0.3) is 0 Å². The number of hydrogen-bond donors (Lipinski definition) is 1. The van der Waals surface area contributed by atoms with E-state index in [1.54, 1.807) is 0 Å². The lowest BCUT2D eigenvalue weighted by Crippen LogP contribution is -2.04. The number of benzene rings is 1. The lowest BCUT2D eigenvalue weighted by atomic mass is 10.0. The van der Waals surface area contributed by atoms with Gasteiger partial charge in [-0.15, -0.1) is 0 Å². The van der Waals surface area contributed by atoms with Crippen molar-refractivity contribution < 1.29 is 14.6 Å². The second kappa shape index (κ2) is 6.05. The Bertz CT molecular complexity index is 455. The molecule has 0 fully saturated rings. The summed E-state index contributed by atoms with van der Waals surface area (Å²) in [6.07, 6.45) is 0.543. The quantitative estimate of drug-likeness (QED) is 0.508. The molecule has 0 aliphatic heterocycles. The molecule has 0 bridgehead atoms. The Morgan fingerprint density at radius 2 is 2.06 bits per heavy atom. The summed E-state index contributed by atoms with van der Waals surface area (Å²) in [7, 11) is 0. The van der Waals surface area contributed by atoms with Crippen LogP contribution in [0.15, 0.2) is 24.3 Å². The summed E-state index contributed by atoms with van der Waals surface area (Å²) in [5.41, 5.74) is 0.743. The van der Waals surface area contributed by atoms with Gasteiger partial charge < -0.3 is 9.84 Å². The number of aliphatic hydroxyl groups is 1. The van der Waals surface area contributed by atoms with Crippen molar-refractivity contribution in [1.29, 1.82) is 0 Å². The third-order valence-electron chi connectivity index (χ3n) is 2.26. The van der Waals surface area contributed by atoms with Gasteiger partial charge in [-0.3, -0.25) is 4.79 Å². The first-order chi connectivity index (χ1) is 8.02. The van der Waals surface area contributed by atoms with Crippen LogP contribution in [0.25, 0.3) is 0 Å². The fourth-order valence-electron chi connectivity index (χ4n) is 1.24. The largest absolute Gasteiger partial charge is 0.466 e. The maximum Gasteiger partial charge on any atom is 0.189 e. The number of halogens is 2. The number of carbonyl (C=O) groups excluding carboxylic acids is 1. The third kappa shape index (κ3) is 3.00. The zero-order valence-electron chi connectivity index (χ0n) is 9.30. The summed E-state index contributed by atoms with van der Waals surface area (Å²) in [4.78, 5) is 11.9. The fraction of sp³-hybridized carbons (Fsp3) is 0.250. The van der Waals surface area contributed by atoms with Gasteiger partial charge in [0.1, 0.15) is 10.8 Å². The smallest absolute Gasteiger partial charge is 0.189 e. The van der Waals surface area contributed by atoms with Crippen molar-refractivity contribution in [3.8, 4) is 5.75 Å². The van der Waals surface area contributed by atoms with Crippen LogP contribution in [-0.4, -0.2) is 17.7 Å². The minimum Gasteiger partial charge on any atom is -0.466 e. The first kappa shape index (κ1) is 14.0. The number of allylic oxidation sites excluding steroid dienone is 1. The van der Waals surface area contributed by atoms with E-state index in [4.69, 9.17) is 33.0 Å². The molecule has 0 atom stereocenters. The second-order valence-electron chi connectivity index (χ2n) is 3.30. The Balaban J connectivity index is 3.16. The van der Waals surface area contributed by atoms with Crippen LogP contribution < -0.4 is 4.74 Å². The molecule has 0 radical (unpaired) electrons. The average Bonchev–Trinajstić information content (AvgIpc) is 2.33. The van der Waals surface area contributed by atoms with Gasteiger partial charge in [-0.25, -0.2) is 0 Å². The van der Waals surface area contributed by atoms with E-state index in [1.165, 1.54) is 12.1 Å². The van der Waals surface area contributed by atoms with Gasteiger partial charge in [-0.2, -0.15) is 0 Å². The molecule has 0 saturated heterocycles. The molecule has 0 unspecified atom stereocenters. The van der Waals surface area contributed by atoms with Crippen LogP contribution in [-0.2, 0) is 0 Å². The first-order valence-electron chi connectivity index (χ1n) is 4.97. The second-order valence-corrected chi connectivity index (χ2v) is 4.05. The Kier molecular flexibility index (Phi) is 5.00. The van der Waals surface area contributed by atoms with Crippen molar-refractivity contribution >= 4 is 29.0 Å². The summed E-state index contributed by atoms with van der Waals surface area (Å²) >= 11 is 11.9. The summed E-state index contributed by atoms with van der Waals surface area (Å²) in [6, 6.07) is 2.99. The predicted octanol–water partition coefficient (Wildman–Crippen LogP) is 3.47. The van der Waals surface area contributed by atoms with E-state index in [-0.39, 0.29) is 27.1 Å². The predicted molar refractivity (Wildman–Crippen MR) is 67.9 cm³/mol. The normalized spacial score (nSPS) is 10.1. The van der Waals surface area contributed by atoms with Crippen LogP contribution in [0, 0.1) is 0 Å². The van der Waals surface area contributed by atoms with Crippen LogP contribution in [0.2, 0.25) is 10.0 Å². The van der Waals surface area contributed by atoms with Gasteiger partial charge in [0.05, 0.1) is 5.02 Å². The number of ether oxygens (including phenoxy) is 1. The van der Waals surface area contributed by atoms with Crippen molar-refractivity contribution in [2.45, 2.75) is 13.3 Å². The van der Waals surface area contributed by atoms with E-state index >= 15 is 0 Å². The summed E-state index contributed by atoms with van der Waals surface area (Å²) < 4.78 is 4.84. The third-order valence-corrected chi connectivity index (χ3v) is 3.12. The molecule has 5 heteroatoms. The van der Waals surface area contributed by atoms with E-state index in [0.29, 0.717) is 12.0 Å². The molecule has 1 aromatic carbocycles. The lowest BCUT2D eigenvalue weighted by molar-refractivity contribution is 0.0986. The van der Waals surface area contributed by atoms with Gasteiger partial charge in [0, 0.05) is 5.56 Å². The van der Waals surface area contributed by atoms with Crippen molar-refractivity contribution in [2.75, 3.05) is 6.79 Å². The average molecular weight is 275 g/mol. The SMILES string of the molecule is C=C(CC)C(=O)c1ccc(OCO)c(Cl)c1Cl. The highest BCUT2D eigenvalue weighted by Gasteiger charge is 2.17. The van der Waals surface area contributed by atoms with E-state index in [9.17, 15) is 4.79 Å². The lowest BCUT2D eigenvalue weighted by Gasteiger charge is -2.10. The molecule has 3 nitrogen and oxygen atoms in total. The van der Waals surface area contributed by atoms with Crippen molar-refractivity contribution in [3.05, 3.63) is 39.9 Å². The Hall–Kier alpha value is -1.03. The molecule has 0 spiro atoms. The van der Waals surface area contributed by atoms with Crippen LogP contribution in [0.4, 0.5) is 0 Å². The van der Waals surface area contributed by atoms with Gasteiger partial charge in [-0.05, 0) is 24.1 Å². The zero-order valence-corrected chi connectivity index (χ0v) is 10.8. The molecule has 1 aromatic rings. The Morgan fingerprint density at radius 1 is 1.41 bits per heavy atom. The standard InChI is InChI=1S/C12H12Cl2O3/c1-3-7(2)12(16)8-4-5-9(17-6-15)11(14)10(8)13/h4-5,15H,2-3,6H2,1H3. The fourth-order valence-corrected chi connectivity index (χ4v) is 1.70. The highest BCUT2D eigenvalue weighted by atomic mass is 35.5. The number of ketones is 1. The van der Waals surface area contributed by atoms with E-state index in [0.717, 1.165) is 0 Å². The van der Waals surface area contributed by atoms with E-state index < -0.39 is 6.79 Å². The van der Waals surface area contributed by atoms with Crippen molar-refractivity contribution in [3.63, 3.8) is 0 Å². The maximum absolute atomic E-state index is 11.9. The molecule has 1 N–H and O–H groups in total. The van der Waals surface area contributed by atoms with Gasteiger partial charge >= 0.3 is 0 Å². The highest BCUT2D eigenvalue weighted by Crippen LogP contribution is 2.35. The van der Waals surface area contributed by atoms with Crippen LogP contribution in [0.1, 0.15) is 23.7 Å². The molecule has 92 valence electrons. The monoisotopic (exact) mass is 274 g/mol. The number of aliphatic hydroxyl groups excluding tert-OH is 1. The van der Waals surface area contributed by atoms with Crippen molar-refractivity contribution in [2.24, 2.45) is 0 Å². The number of hydrogen-bond acceptors (Lipinski definition) is 3. The Labute approximate surface area is 110 Å². The molecule has 17 heavy (non-hydrogen) atoms. The van der Waals surface area contributed by atoms with Gasteiger partial charge in [0.15, 0.2) is 12.6 Å². The number of Topliss-reactive ketones (excluding diaryl/α,β-unsaturated/α-hetero) is 1. The van der Waals surface area contributed by atoms with Crippen molar-refractivity contribution in [1.82, 2.24) is 0 Å². The van der Waals surface area contributed by atoms with Gasteiger partial charge in [-0.1, -0.05) is 36.7 Å². The summed E-state index contributed by atoms with van der Waals surface area (Å²) in [5.74, 6) is -0.00669.